The molecule has 1 N–H and O–H groups in total. The van der Waals surface area contributed by atoms with Gasteiger partial charge >= 0.3 is 5.97 Å². The quantitative estimate of drug-likeness (QED) is 0.863. The van der Waals surface area contributed by atoms with E-state index in [0.717, 1.165) is 18.3 Å². The van der Waals surface area contributed by atoms with E-state index in [9.17, 15) is 10.1 Å². The van der Waals surface area contributed by atoms with E-state index in [1.54, 1.807) is 6.07 Å². The lowest BCUT2D eigenvalue weighted by atomic mass is 10.1. The highest BCUT2D eigenvalue weighted by Crippen LogP contribution is 2.26. The summed E-state index contributed by atoms with van der Waals surface area (Å²) in [6.45, 7) is 5.44. The van der Waals surface area contributed by atoms with E-state index < -0.39 is 5.97 Å². The molecule has 1 saturated heterocycles. The second-order valence-corrected chi connectivity index (χ2v) is 5.21. The van der Waals surface area contributed by atoms with E-state index in [0.29, 0.717) is 17.7 Å². The van der Waals surface area contributed by atoms with Gasteiger partial charge in [0, 0.05) is 18.7 Å². The molecule has 0 aromatic heterocycles. The number of nitriles is 1. The van der Waals surface area contributed by atoms with Crippen molar-refractivity contribution < 1.29 is 14.6 Å². The Hall–Kier alpha value is -2.32. The summed E-state index contributed by atoms with van der Waals surface area (Å²) in [6.07, 6.45) is 2.67. The van der Waals surface area contributed by atoms with Crippen LogP contribution in [0.1, 0.15) is 25.0 Å². The largest absolute Gasteiger partial charge is 0.478 e. The van der Waals surface area contributed by atoms with Crippen LogP contribution >= 0.6 is 0 Å². The topological polar surface area (TPSA) is 73.6 Å². The lowest BCUT2D eigenvalue weighted by Crippen LogP contribution is -2.47. The van der Waals surface area contributed by atoms with E-state index in [1.807, 2.05) is 19.1 Å². The average Bonchev–Trinajstić information content (AvgIpc) is 2.47. The van der Waals surface area contributed by atoms with Crippen molar-refractivity contribution in [3.63, 3.8) is 0 Å². The molecule has 5 nitrogen and oxygen atoms in total. The Kier molecular flexibility index (Phi) is 4.61. The number of hydrogen-bond acceptors (Lipinski definition) is 4. The van der Waals surface area contributed by atoms with E-state index in [1.165, 1.54) is 6.08 Å². The van der Waals surface area contributed by atoms with Crippen molar-refractivity contribution in [1.82, 2.24) is 0 Å². The van der Waals surface area contributed by atoms with Crippen LogP contribution in [-0.4, -0.2) is 36.4 Å². The number of hydrogen-bond donors (Lipinski definition) is 1. The SMILES string of the molecule is CC1CN(c2ccc(/C=C/C(=O)O)cc2C#N)C(C)CO1. The van der Waals surface area contributed by atoms with Gasteiger partial charge in [0.25, 0.3) is 0 Å². The van der Waals surface area contributed by atoms with Crippen molar-refractivity contribution in [3.05, 3.63) is 35.4 Å². The molecule has 2 rings (SSSR count). The first-order valence-electron chi connectivity index (χ1n) is 6.84. The number of aliphatic carboxylic acids is 1. The molecule has 1 aromatic carbocycles. The van der Waals surface area contributed by atoms with Gasteiger partial charge in [0.2, 0.25) is 0 Å². The number of carboxylic acid groups (broad SMARTS) is 1. The lowest BCUT2D eigenvalue weighted by molar-refractivity contribution is -0.131. The Morgan fingerprint density at radius 3 is 2.95 bits per heavy atom. The van der Waals surface area contributed by atoms with Crippen LogP contribution in [0.25, 0.3) is 6.08 Å². The molecule has 2 atom stereocenters. The normalized spacial score (nSPS) is 22.2. The highest BCUT2D eigenvalue weighted by molar-refractivity contribution is 5.85. The van der Waals surface area contributed by atoms with Gasteiger partial charge in [-0.15, -0.1) is 0 Å². The van der Waals surface area contributed by atoms with Gasteiger partial charge in [-0.2, -0.15) is 5.26 Å². The Labute approximate surface area is 124 Å². The molecule has 0 bridgehead atoms. The van der Waals surface area contributed by atoms with Crippen LogP contribution in [0.5, 0.6) is 0 Å². The van der Waals surface area contributed by atoms with Gasteiger partial charge < -0.3 is 14.7 Å². The van der Waals surface area contributed by atoms with Gasteiger partial charge in [-0.1, -0.05) is 6.07 Å². The first-order chi connectivity index (χ1) is 10.0. The number of benzene rings is 1. The minimum Gasteiger partial charge on any atom is -0.478 e. The molecule has 0 saturated carbocycles. The van der Waals surface area contributed by atoms with Crippen LogP contribution < -0.4 is 4.90 Å². The summed E-state index contributed by atoms with van der Waals surface area (Å²) in [5, 5.41) is 18.0. The fraction of sp³-hybridized carbons (Fsp3) is 0.375. The van der Waals surface area contributed by atoms with Crippen LogP contribution in [0, 0.1) is 11.3 Å². The van der Waals surface area contributed by atoms with Crippen LogP contribution in [0.3, 0.4) is 0 Å². The maximum absolute atomic E-state index is 10.5. The zero-order chi connectivity index (χ0) is 15.4. The Morgan fingerprint density at radius 2 is 2.29 bits per heavy atom. The molecule has 0 radical (unpaired) electrons. The third-order valence-corrected chi connectivity index (χ3v) is 3.48. The number of nitrogens with zero attached hydrogens (tertiary/aromatic N) is 2. The predicted octanol–water partition coefficient (Wildman–Crippen LogP) is 2.27. The number of ether oxygens (including phenoxy) is 1. The van der Waals surface area contributed by atoms with Crippen molar-refractivity contribution in [3.8, 4) is 6.07 Å². The maximum Gasteiger partial charge on any atom is 0.328 e. The summed E-state index contributed by atoms with van der Waals surface area (Å²) >= 11 is 0. The van der Waals surface area contributed by atoms with E-state index in [4.69, 9.17) is 9.84 Å². The van der Waals surface area contributed by atoms with Gasteiger partial charge in [0.1, 0.15) is 6.07 Å². The zero-order valence-corrected chi connectivity index (χ0v) is 12.1. The van der Waals surface area contributed by atoms with Crippen molar-refractivity contribution in [2.24, 2.45) is 0 Å². The molecule has 0 spiro atoms. The Morgan fingerprint density at radius 1 is 1.52 bits per heavy atom. The molecule has 5 heteroatoms. The van der Waals surface area contributed by atoms with E-state index in [2.05, 4.69) is 17.9 Å². The summed E-state index contributed by atoms with van der Waals surface area (Å²) in [4.78, 5) is 12.7. The molecule has 1 fully saturated rings. The summed E-state index contributed by atoms with van der Waals surface area (Å²) in [5.41, 5.74) is 2.11. The molecular formula is C16H18N2O3. The summed E-state index contributed by atoms with van der Waals surface area (Å²) in [5.74, 6) is -1.01. The number of morpholine rings is 1. The van der Waals surface area contributed by atoms with Gasteiger partial charge in [0.15, 0.2) is 0 Å². The average molecular weight is 286 g/mol. The smallest absolute Gasteiger partial charge is 0.328 e. The molecule has 0 amide bonds. The minimum atomic E-state index is -1.01. The minimum absolute atomic E-state index is 0.124. The number of carbonyl (C=O) groups is 1. The standard InChI is InChI=1S/C16H18N2O3/c1-11-10-21-12(2)9-18(11)15-5-3-13(4-6-16(19)20)7-14(15)8-17/h3-7,11-12H,9-10H2,1-2H3,(H,19,20)/b6-4+. The fourth-order valence-corrected chi connectivity index (χ4v) is 2.40. The van der Waals surface area contributed by atoms with Gasteiger partial charge in [0.05, 0.1) is 24.0 Å². The van der Waals surface area contributed by atoms with Crippen LogP contribution in [0.15, 0.2) is 24.3 Å². The first kappa shape index (κ1) is 15.1. The highest BCUT2D eigenvalue weighted by atomic mass is 16.5. The molecule has 0 aliphatic carbocycles. The Bertz CT molecular complexity index is 604. The molecule has 1 aliphatic rings. The molecule has 1 heterocycles. The second kappa shape index (κ2) is 6.42. The van der Waals surface area contributed by atoms with Crippen LogP contribution in [-0.2, 0) is 9.53 Å². The molecule has 1 aromatic rings. The second-order valence-electron chi connectivity index (χ2n) is 5.21. The van der Waals surface area contributed by atoms with Crippen LogP contribution in [0.2, 0.25) is 0 Å². The number of anilines is 1. The molecule has 21 heavy (non-hydrogen) atoms. The zero-order valence-electron chi connectivity index (χ0n) is 12.1. The van der Waals surface area contributed by atoms with E-state index in [-0.39, 0.29) is 12.1 Å². The molecule has 2 unspecified atom stereocenters. The third kappa shape index (κ3) is 3.61. The Balaban J connectivity index is 2.32. The van der Waals surface area contributed by atoms with Crippen molar-refractivity contribution in [2.45, 2.75) is 26.0 Å². The van der Waals surface area contributed by atoms with Crippen molar-refractivity contribution >= 4 is 17.7 Å². The number of rotatable bonds is 3. The van der Waals surface area contributed by atoms with Gasteiger partial charge in [-0.25, -0.2) is 4.79 Å². The molecular weight excluding hydrogens is 268 g/mol. The predicted molar refractivity (Wildman–Crippen MR) is 80.0 cm³/mol. The first-order valence-corrected chi connectivity index (χ1v) is 6.84. The molecule has 1 aliphatic heterocycles. The number of carboxylic acids is 1. The van der Waals surface area contributed by atoms with Gasteiger partial charge in [-0.05, 0) is 37.6 Å². The molecule has 110 valence electrons. The summed E-state index contributed by atoms with van der Waals surface area (Å²) < 4.78 is 5.60. The lowest BCUT2D eigenvalue weighted by Gasteiger charge is -2.39. The van der Waals surface area contributed by atoms with Gasteiger partial charge in [-0.3, -0.25) is 0 Å². The van der Waals surface area contributed by atoms with Crippen LogP contribution in [0.4, 0.5) is 5.69 Å². The summed E-state index contributed by atoms with van der Waals surface area (Å²) in [7, 11) is 0. The fourth-order valence-electron chi connectivity index (χ4n) is 2.40. The van der Waals surface area contributed by atoms with Crippen molar-refractivity contribution in [2.75, 3.05) is 18.1 Å². The third-order valence-electron chi connectivity index (χ3n) is 3.48. The van der Waals surface area contributed by atoms with Crippen molar-refractivity contribution in [1.29, 1.82) is 5.26 Å². The van der Waals surface area contributed by atoms with E-state index >= 15 is 0 Å². The maximum atomic E-state index is 10.5. The highest BCUT2D eigenvalue weighted by Gasteiger charge is 2.25. The monoisotopic (exact) mass is 286 g/mol. The summed E-state index contributed by atoms with van der Waals surface area (Å²) in [6, 6.07) is 7.80.